The third kappa shape index (κ3) is 4.13. The van der Waals surface area contributed by atoms with Gasteiger partial charge in [0.2, 0.25) is 0 Å². The Morgan fingerprint density at radius 1 is 1.33 bits per heavy atom. The van der Waals surface area contributed by atoms with Crippen molar-refractivity contribution in [2.45, 2.75) is 51.7 Å². The van der Waals surface area contributed by atoms with Gasteiger partial charge in [-0.3, -0.25) is 0 Å². The van der Waals surface area contributed by atoms with Crippen molar-refractivity contribution in [3.63, 3.8) is 0 Å². The maximum absolute atomic E-state index is 5.94. The summed E-state index contributed by atoms with van der Waals surface area (Å²) in [7, 11) is 0. The van der Waals surface area contributed by atoms with Crippen LogP contribution in [0.2, 0.25) is 0 Å². The van der Waals surface area contributed by atoms with Gasteiger partial charge in [-0.25, -0.2) is 0 Å². The number of nitrogens with one attached hydrogen (secondary N) is 1. The lowest BCUT2D eigenvalue weighted by Crippen LogP contribution is -2.27. The average Bonchev–Trinajstić information content (AvgIpc) is 3.21. The normalized spacial score (nSPS) is 23.3. The van der Waals surface area contributed by atoms with E-state index in [2.05, 4.69) is 48.3 Å². The minimum atomic E-state index is 0.286. The maximum atomic E-state index is 5.94. The van der Waals surface area contributed by atoms with Crippen LogP contribution < -0.4 is 15.0 Å². The third-order valence-electron chi connectivity index (χ3n) is 4.65. The number of nitrogens with zero attached hydrogens (tertiary/aromatic N) is 1. The SMILES string of the molecule is CCC(C)Oc1cccc(N2CCC(CNC3CC3)C2)c1. The van der Waals surface area contributed by atoms with Crippen LogP contribution in [-0.2, 0) is 0 Å². The molecule has 1 saturated heterocycles. The van der Waals surface area contributed by atoms with Gasteiger partial charge in [0, 0.05) is 30.9 Å². The molecule has 0 radical (unpaired) electrons. The molecule has 2 unspecified atom stereocenters. The van der Waals surface area contributed by atoms with E-state index in [9.17, 15) is 0 Å². The Labute approximate surface area is 128 Å². The highest BCUT2D eigenvalue weighted by atomic mass is 16.5. The van der Waals surface area contributed by atoms with Crippen LogP contribution >= 0.6 is 0 Å². The molecule has 0 aromatic heterocycles. The van der Waals surface area contributed by atoms with Crippen LogP contribution in [0.25, 0.3) is 0 Å². The molecule has 2 fully saturated rings. The van der Waals surface area contributed by atoms with Crippen molar-refractivity contribution in [1.29, 1.82) is 0 Å². The van der Waals surface area contributed by atoms with Crippen molar-refractivity contribution in [3.05, 3.63) is 24.3 Å². The number of benzene rings is 1. The van der Waals surface area contributed by atoms with Crippen LogP contribution in [-0.4, -0.2) is 31.8 Å². The molecular weight excluding hydrogens is 260 g/mol. The minimum Gasteiger partial charge on any atom is -0.491 e. The van der Waals surface area contributed by atoms with Gasteiger partial charge in [-0.15, -0.1) is 0 Å². The number of ether oxygens (including phenoxy) is 1. The molecule has 1 aliphatic heterocycles. The fourth-order valence-electron chi connectivity index (χ4n) is 2.92. The Morgan fingerprint density at radius 3 is 2.95 bits per heavy atom. The van der Waals surface area contributed by atoms with Crippen molar-refractivity contribution in [2.75, 3.05) is 24.5 Å². The molecule has 1 aliphatic carbocycles. The zero-order valence-electron chi connectivity index (χ0n) is 13.3. The van der Waals surface area contributed by atoms with Gasteiger partial charge >= 0.3 is 0 Å². The first-order valence-electron chi connectivity index (χ1n) is 8.49. The lowest BCUT2D eigenvalue weighted by atomic mass is 10.1. The smallest absolute Gasteiger partial charge is 0.121 e. The molecule has 2 atom stereocenters. The zero-order chi connectivity index (χ0) is 14.7. The highest BCUT2D eigenvalue weighted by molar-refractivity contribution is 5.51. The van der Waals surface area contributed by atoms with Crippen LogP contribution in [0, 0.1) is 5.92 Å². The summed E-state index contributed by atoms with van der Waals surface area (Å²) >= 11 is 0. The lowest BCUT2D eigenvalue weighted by Gasteiger charge is -2.20. The van der Waals surface area contributed by atoms with E-state index in [0.717, 1.165) is 24.1 Å². The van der Waals surface area contributed by atoms with E-state index in [1.807, 2.05) is 0 Å². The molecule has 1 saturated carbocycles. The van der Waals surface area contributed by atoms with Gasteiger partial charge in [-0.1, -0.05) is 13.0 Å². The summed E-state index contributed by atoms with van der Waals surface area (Å²) in [5.41, 5.74) is 1.31. The quantitative estimate of drug-likeness (QED) is 0.832. The van der Waals surface area contributed by atoms with Crippen molar-refractivity contribution in [1.82, 2.24) is 5.32 Å². The predicted molar refractivity (Wildman–Crippen MR) is 88.2 cm³/mol. The molecular formula is C18H28N2O. The van der Waals surface area contributed by atoms with Gasteiger partial charge in [0.25, 0.3) is 0 Å². The van der Waals surface area contributed by atoms with Crippen molar-refractivity contribution < 1.29 is 4.74 Å². The predicted octanol–water partition coefficient (Wildman–Crippen LogP) is 3.44. The van der Waals surface area contributed by atoms with Crippen LogP contribution in [0.5, 0.6) is 5.75 Å². The second kappa shape index (κ2) is 6.69. The topological polar surface area (TPSA) is 24.5 Å². The monoisotopic (exact) mass is 288 g/mol. The summed E-state index contributed by atoms with van der Waals surface area (Å²) in [6.45, 7) is 7.81. The molecule has 1 aromatic carbocycles. The Bertz CT molecular complexity index is 458. The first-order valence-corrected chi connectivity index (χ1v) is 8.49. The van der Waals surface area contributed by atoms with Crippen molar-refractivity contribution in [3.8, 4) is 5.75 Å². The fraction of sp³-hybridized carbons (Fsp3) is 0.667. The first kappa shape index (κ1) is 14.7. The highest BCUT2D eigenvalue weighted by Crippen LogP contribution is 2.28. The fourth-order valence-corrected chi connectivity index (χ4v) is 2.92. The van der Waals surface area contributed by atoms with E-state index in [1.165, 1.54) is 44.6 Å². The molecule has 3 nitrogen and oxygen atoms in total. The molecule has 0 amide bonds. The second-order valence-electron chi connectivity index (χ2n) is 6.62. The molecule has 2 aliphatic rings. The molecule has 1 N–H and O–H groups in total. The largest absolute Gasteiger partial charge is 0.491 e. The first-order chi connectivity index (χ1) is 10.2. The van der Waals surface area contributed by atoms with Crippen LogP contribution in [0.1, 0.15) is 39.5 Å². The average molecular weight is 288 g/mol. The molecule has 3 rings (SSSR count). The molecule has 0 spiro atoms. The zero-order valence-corrected chi connectivity index (χ0v) is 13.3. The van der Waals surface area contributed by atoms with E-state index in [-0.39, 0.29) is 6.10 Å². The standard InChI is InChI=1S/C18H28N2O/c1-3-14(2)21-18-6-4-5-17(11-18)20-10-9-15(13-20)12-19-16-7-8-16/h4-6,11,14-16,19H,3,7-10,12-13H2,1-2H3. The van der Waals surface area contributed by atoms with Gasteiger partial charge in [0.15, 0.2) is 0 Å². The molecule has 0 bridgehead atoms. The number of anilines is 1. The molecule has 21 heavy (non-hydrogen) atoms. The van der Waals surface area contributed by atoms with Crippen molar-refractivity contribution in [2.24, 2.45) is 5.92 Å². The van der Waals surface area contributed by atoms with Gasteiger partial charge < -0.3 is 15.0 Å². The minimum absolute atomic E-state index is 0.286. The van der Waals surface area contributed by atoms with Crippen LogP contribution in [0.3, 0.4) is 0 Å². The van der Waals surface area contributed by atoms with E-state index >= 15 is 0 Å². The lowest BCUT2D eigenvalue weighted by molar-refractivity contribution is 0.217. The van der Waals surface area contributed by atoms with E-state index in [4.69, 9.17) is 4.74 Å². The number of hydrogen-bond donors (Lipinski definition) is 1. The van der Waals surface area contributed by atoms with E-state index in [0.29, 0.717) is 0 Å². The Balaban J connectivity index is 1.55. The van der Waals surface area contributed by atoms with Gasteiger partial charge in [0.1, 0.15) is 5.75 Å². The summed E-state index contributed by atoms with van der Waals surface area (Å²) in [4.78, 5) is 2.50. The Kier molecular flexibility index (Phi) is 4.69. The van der Waals surface area contributed by atoms with Crippen LogP contribution in [0.4, 0.5) is 5.69 Å². The number of rotatable bonds is 7. The molecule has 1 aromatic rings. The Morgan fingerprint density at radius 2 is 2.19 bits per heavy atom. The summed E-state index contributed by atoms with van der Waals surface area (Å²) < 4.78 is 5.94. The van der Waals surface area contributed by atoms with Gasteiger partial charge in [-0.05, 0) is 57.2 Å². The molecule has 116 valence electrons. The third-order valence-corrected chi connectivity index (χ3v) is 4.65. The Hall–Kier alpha value is -1.22. The highest BCUT2D eigenvalue weighted by Gasteiger charge is 2.26. The molecule has 1 heterocycles. The van der Waals surface area contributed by atoms with Gasteiger partial charge in [-0.2, -0.15) is 0 Å². The summed E-state index contributed by atoms with van der Waals surface area (Å²) in [5, 5.41) is 3.66. The second-order valence-corrected chi connectivity index (χ2v) is 6.62. The summed E-state index contributed by atoms with van der Waals surface area (Å²) in [6.07, 6.45) is 5.39. The number of hydrogen-bond acceptors (Lipinski definition) is 3. The maximum Gasteiger partial charge on any atom is 0.121 e. The summed E-state index contributed by atoms with van der Waals surface area (Å²) in [5.74, 6) is 1.80. The van der Waals surface area contributed by atoms with Crippen LogP contribution in [0.15, 0.2) is 24.3 Å². The van der Waals surface area contributed by atoms with E-state index in [1.54, 1.807) is 0 Å². The summed E-state index contributed by atoms with van der Waals surface area (Å²) in [6, 6.07) is 9.41. The molecule has 3 heteroatoms. The van der Waals surface area contributed by atoms with Crippen molar-refractivity contribution >= 4 is 5.69 Å². The van der Waals surface area contributed by atoms with E-state index < -0.39 is 0 Å². The van der Waals surface area contributed by atoms with Gasteiger partial charge in [0.05, 0.1) is 6.10 Å².